The molecule has 0 amide bonds. The van der Waals surface area contributed by atoms with Gasteiger partial charge in [-0.05, 0) is 24.3 Å². The number of nitrogens with one attached hydrogen (secondary N) is 1. The maximum absolute atomic E-state index is 12.4. The van der Waals surface area contributed by atoms with Gasteiger partial charge in [0.05, 0.1) is 38.9 Å². The molecule has 0 bridgehead atoms. The van der Waals surface area contributed by atoms with E-state index < -0.39 is 0 Å². The van der Waals surface area contributed by atoms with E-state index in [2.05, 4.69) is 19.5 Å². The molecule has 0 radical (unpaired) electrons. The summed E-state index contributed by atoms with van der Waals surface area (Å²) in [7, 11) is 0. The molecule has 5 aromatic rings. The molecule has 2 aromatic carbocycles. The molecule has 0 saturated heterocycles. The number of imidazole rings is 1. The Morgan fingerprint density at radius 2 is 1.81 bits per heavy atom. The summed E-state index contributed by atoms with van der Waals surface area (Å²) < 4.78 is 2.07. The van der Waals surface area contributed by atoms with E-state index >= 15 is 0 Å². The van der Waals surface area contributed by atoms with E-state index in [4.69, 9.17) is 4.98 Å². The van der Waals surface area contributed by atoms with Crippen LogP contribution in [0.15, 0.2) is 65.0 Å². The highest BCUT2D eigenvalue weighted by Gasteiger charge is 2.15. The lowest BCUT2D eigenvalue weighted by Gasteiger charge is -2.08. The van der Waals surface area contributed by atoms with Gasteiger partial charge in [-0.15, -0.1) is 11.3 Å². The van der Waals surface area contributed by atoms with Gasteiger partial charge in [-0.2, -0.15) is 0 Å². The topological polar surface area (TPSA) is 76.5 Å². The summed E-state index contributed by atoms with van der Waals surface area (Å²) in [6.07, 6.45) is 1.80. The van der Waals surface area contributed by atoms with Crippen LogP contribution >= 0.6 is 11.3 Å². The quantitative estimate of drug-likeness (QED) is 0.535. The minimum absolute atomic E-state index is 0.130. The van der Waals surface area contributed by atoms with Gasteiger partial charge in [-0.3, -0.25) is 9.78 Å². The molecule has 26 heavy (non-hydrogen) atoms. The Hall–Kier alpha value is -3.32. The fourth-order valence-electron chi connectivity index (χ4n) is 3.11. The summed E-state index contributed by atoms with van der Waals surface area (Å²) in [5, 5.41) is 0.592. The molecule has 0 unspecified atom stereocenters. The van der Waals surface area contributed by atoms with Gasteiger partial charge in [-0.25, -0.2) is 9.97 Å². The first kappa shape index (κ1) is 15.0. The van der Waals surface area contributed by atoms with Gasteiger partial charge < -0.3 is 9.55 Å². The zero-order chi connectivity index (χ0) is 17.5. The zero-order valence-corrected chi connectivity index (χ0v) is 14.4. The number of H-pyrrole nitrogens is 1. The molecule has 0 spiro atoms. The van der Waals surface area contributed by atoms with Crippen molar-refractivity contribution in [2.75, 3.05) is 0 Å². The standard InChI is InChI=1S/C19H13N5OS/c25-19-12-5-1-2-6-13(12)21-17(23-19)10-24-15-8-4-3-7-14(15)22-18(24)16-9-20-11-26-16/h1-9,11H,10H2,(H,21,23,25). The zero-order valence-electron chi connectivity index (χ0n) is 13.6. The van der Waals surface area contributed by atoms with Crippen LogP contribution < -0.4 is 5.56 Å². The highest BCUT2D eigenvalue weighted by Crippen LogP contribution is 2.27. The molecule has 0 saturated carbocycles. The third kappa shape index (κ3) is 2.41. The Kier molecular flexibility index (Phi) is 3.39. The van der Waals surface area contributed by atoms with Crippen LogP contribution in [-0.2, 0) is 6.54 Å². The van der Waals surface area contributed by atoms with Crippen molar-refractivity contribution in [1.82, 2.24) is 24.5 Å². The summed E-state index contributed by atoms with van der Waals surface area (Å²) in [4.78, 5) is 29.8. The van der Waals surface area contributed by atoms with Crippen molar-refractivity contribution in [3.8, 4) is 10.7 Å². The second-order valence-electron chi connectivity index (χ2n) is 5.91. The molecule has 0 fully saturated rings. The Labute approximate surface area is 151 Å². The number of aromatic amines is 1. The molecule has 0 aliphatic heterocycles. The molecule has 7 heteroatoms. The van der Waals surface area contributed by atoms with E-state index in [1.54, 1.807) is 17.8 Å². The SMILES string of the molecule is O=c1[nH]c(Cn2c(-c3cncs3)nc3ccccc32)nc2ccccc12. The lowest BCUT2D eigenvalue weighted by molar-refractivity contribution is 0.774. The van der Waals surface area contributed by atoms with Gasteiger partial charge in [0.2, 0.25) is 0 Å². The van der Waals surface area contributed by atoms with Crippen molar-refractivity contribution in [2.45, 2.75) is 6.54 Å². The van der Waals surface area contributed by atoms with Crippen molar-refractivity contribution in [3.05, 3.63) is 76.4 Å². The number of rotatable bonds is 3. The van der Waals surface area contributed by atoms with Crippen molar-refractivity contribution >= 4 is 33.3 Å². The summed E-state index contributed by atoms with van der Waals surface area (Å²) >= 11 is 1.53. The largest absolute Gasteiger partial charge is 0.316 e. The van der Waals surface area contributed by atoms with Crippen LogP contribution in [0.2, 0.25) is 0 Å². The average Bonchev–Trinajstić information content (AvgIpc) is 3.30. The molecule has 6 nitrogen and oxygen atoms in total. The number of hydrogen-bond acceptors (Lipinski definition) is 5. The summed E-state index contributed by atoms with van der Waals surface area (Å²) in [6, 6.07) is 15.3. The Morgan fingerprint density at radius 1 is 1.00 bits per heavy atom. The van der Waals surface area contributed by atoms with Crippen LogP contribution in [0.1, 0.15) is 5.82 Å². The minimum Gasteiger partial charge on any atom is -0.316 e. The molecule has 1 N–H and O–H groups in total. The first-order chi connectivity index (χ1) is 12.8. The summed E-state index contributed by atoms with van der Waals surface area (Å²) in [5.74, 6) is 1.42. The van der Waals surface area contributed by atoms with Crippen molar-refractivity contribution in [2.24, 2.45) is 0 Å². The first-order valence-corrected chi connectivity index (χ1v) is 8.99. The number of nitrogens with zero attached hydrogens (tertiary/aromatic N) is 4. The number of para-hydroxylation sites is 3. The third-order valence-corrected chi connectivity index (χ3v) is 5.05. The maximum atomic E-state index is 12.4. The molecule has 0 aliphatic rings. The maximum Gasteiger partial charge on any atom is 0.258 e. The van der Waals surface area contributed by atoms with Gasteiger partial charge in [0.1, 0.15) is 5.82 Å². The van der Waals surface area contributed by atoms with Gasteiger partial charge in [0, 0.05) is 6.20 Å². The first-order valence-electron chi connectivity index (χ1n) is 8.12. The van der Waals surface area contributed by atoms with Crippen molar-refractivity contribution in [3.63, 3.8) is 0 Å². The lowest BCUT2D eigenvalue weighted by atomic mass is 10.2. The van der Waals surface area contributed by atoms with Crippen molar-refractivity contribution in [1.29, 1.82) is 0 Å². The van der Waals surface area contributed by atoms with Crippen LogP contribution in [0, 0.1) is 0 Å². The predicted octanol–water partition coefficient (Wildman–Crippen LogP) is 3.44. The second-order valence-corrected chi connectivity index (χ2v) is 6.79. The number of benzene rings is 2. The van der Waals surface area contributed by atoms with Gasteiger partial charge in [-0.1, -0.05) is 24.3 Å². The number of fused-ring (bicyclic) bond motifs is 2. The fourth-order valence-corrected chi connectivity index (χ4v) is 3.73. The smallest absolute Gasteiger partial charge is 0.258 e. The minimum atomic E-state index is -0.130. The Bertz CT molecular complexity index is 1290. The van der Waals surface area contributed by atoms with E-state index in [-0.39, 0.29) is 5.56 Å². The van der Waals surface area contributed by atoms with Gasteiger partial charge in [0.25, 0.3) is 5.56 Å². The van der Waals surface area contributed by atoms with Crippen LogP contribution in [0.25, 0.3) is 32.6 Å². The Balaban J connectivity index is 1.70. The normalized spacial score (nSPS) is 11.4. The average molecular weight is 359 g/mol. The van der Waals surface area contributed by atoms with E-state index in [1.165, 1.54) is 11.3 Å². The molecule has 3 aromatic heterocycles. The second kappa shape index (κ2) is 5.89. The third-order valence-electron chi connectivity index (χ3n) is 4.28. The van der Waals surface area contributed by atoms with Crippen molar-refractivity contribution < 1.29 is 0 Å². The lowest BCUT2D eigenvalue weighted by Crippen LogP contribution is -2.14. The van der Waals surface area contributed by atoms with E-state index in [0.29, 0.717) is 23.3 Å². The number of thiazole rings is 1. The monoisotopic (exact) mass is 359 g/mol. The van der Waals surface area contributed by atoms with Crippen LogP contribution in [0.3, 0.4) is 0 Å². The van der Waals surface area contributed by atoms with Gasteiger partial charge in [0.15, 0.2) is 5.82 Å². The Morgan fingerprint density at radius 3 is 2.65 bits per heavy atom. The highest BCUT2D eigenvalue weighted by molar-refractivity contribution is 7.13. The molecule has 5 rings (SSSR count). The molecular formula is C19H13N5OS. The van der Waals surface area contributed by atoms with E-state index in [1.807, 2.05) is 42.5 Å². The molecule has 0 aliphatic carbocycles. The van der Waals surface area contributed by atoms with Crippen LogP contribution in [0.4, 0.5) is 0 Å². The molecular weight excluding hydrogens is 346 g/mol. The summed E-state index contributed by atoms with van der Waals surface area (Å²) in [6.45, 7) is 0.424. The number of hydrogen-bond donors (Lipinski definition) is 1. The van der Waals surface area contributed by atoms with E-state index in [9.17, 15) is 4.79 Å². The molecule has 3 heterocycles. The predicted molar refractivity (Wildman–Crippen MR) is 102 cm³/mol. The fraction of sp³-hybridized carbons (Fsp3) is 0.0526. The number of aromatic nitrogens is 5. The van der Waals surface area contributed by atoms with E-state index in [0.717, 1.165) is 21.7 Å². The van der Waals surface area contributed by atoms with Gasteiger partial charge >= 0.3 is 0 Å². The molecule has 0 atom stereocenters. The van der Waals surface area contributed by atoms with Crippen LogP contribution in [-0.4, -0.2) is 24.5 Å². The van der Waals surface area contributed by atoms with Crippen LogP contribution in [0.5, 0.6) is 0 Å². The molecule has 126 valence electrons. The highest BCUT2D eigenvalue weighted by atomic mass is 32.1. The summed E-state index contributed by atoms with van der Waals surface area (Å²) in [5.41, 5.74) is 4.24.